The predicted octanol–water partition coefficient (Wildman–Crippen LogP) is 3.87. The van der Waals surface area contributed by atoms with Gasteiger partial charge in [0.15, 0.2) is 0 Å². The van der Waals surface area contributed by atoms with Gasteiger partial charge >= 0.3 is 0 Å². The minimum Gasteiger partial charge on any atom is -0.391 e. The molecule has 1 N–H and O–H groups in total. The summed E-state index contributed by atoms with van der Waals surface area (Å²) in [6.45, 7) is 6.46. The van der Waals surface area contributed by atoms with E-state index in [1.54, 1.807) is 16.9 Å². The third-order valence-corrected chi connectivity index (χ3v) is 5.01. The maximum Gasteiger partial charge on any atom is 0.269 e. The highest BCUT2D eigenvalue weighted by atomic mass is 35.5. The molecule has 6 nitrogen and oxygen atoms in total. The van der Waals surface area contributed by atoms with Gasteiger partial charge in [0.1, 0.15) is 11.8 Å². The topological polar surface area (TPSA) is 68.5 Å². The van der Waals surface area contributed by atoms with Crippen LogP contribution in [0, 0.1) is 5.92 Å². The molecule has 0 saturated carbocycles. The highest BCUT2D eigenvalue weighted by Crippen LogP contribution is 2.25. The van der Waals surface area contributed by atoms with Crippen molar-refractivity contribution in [2.75, 3.05) is 6.54 Å². The summed E-state index contributed by atoms with van der Waals surface area (Å²) in [6.07, 6.45) is 3.23. The van der Waals surface area contributed by atoms with Gasteiger partial charge in [0.05, 0.1) is 12.3 Å². The number of hydrogen-bond donors (Lipinski definition) is 1. The van der Waals surface area contributed by atoms with Crippen LogP contribution in [0.25, 0.3) is 0 Å². The molecular weight excluding hydrogens is 364 g/mol. The predicted molar refractivity (Wildman–Crippen MR) is 106 cm³/mol. The van der Waals surface area contributed by atoms with E-state index in [1.165, 1.54) is 0 Å². The summed E-state index contributed by atoms with van der Waals surface area (Å²) in [5.41, 5.74) is 2.54. The molecule has 0 aliphatic carbocycles. The fourth-order valence-corrected chi connectivity index (χ4v) is 3.61. The van der Waals surface area contributed by atoms with Crippen molar-refractivity contribution in [3.63, 3.8) is 0 Å². The van der Waals surface area contributed by atoms with E-state index in [0.29, 0.717) is 17.3 Å². The zero-order chi connectivity index (χ0) is 19.4. The standard InChI is InChI=1S/C20H25ClN4O2/c1-4-16-17(12-22-20(26)18-8-9-23-25(18)13(2)3)24-27-19(16)11-14-6-5-7-15(21)10-14/h5-10,13,16,19H,4,11-12H2,1-3H3,(H,22,26). The maximum atomic E-state index is 12.5. The number of carbonyl (C=O) groups excluding carboxylic acids is 1. The van der Waals surface area contributed by atoms with Gasteiger partial charge in [-0.3, -0.25) is 9.48 Å². The molecule has 144 valence electrons. The molecule has 2 heterocycles. The Kier molecular flexibility index (Phi) is 6.16. The molecule has 2 aromatic rings. The van der Waals surface area contributed by atoms with Gasteiger partial charge in [-0.25, -0.2) is 0 Å². The van der Waals surface area contributed by atoms with Gasteiger partial charge in [-0.05, 0) is 44.0 Å². The molecule has 27 heavy (non-hydrogen) atoms. The fourth-order valence-electron chi connectivity index (χ4n) is 3.40. The SMILES string of the molecule is CCC1C(CNC(=O)c2ccnn2C(C)C)=NOC1Cc1cccc(Cl)c1. The molecule has 1 aromatic carbocycles. The van der Waals surface area contributed by atoms with Crippen LogP contribution in [0.4, 0.5) is 0 Å². The van der Waals surface area contributed by atoms with Gasteiger partial charge in [-0.2, -0.15) is 5.10 Å². The third kappa shape index (κ3) is 4.50. The Morgan fingerprint density at radius 3 is 2.89 bits per heavy atom. The second-order valence-corrected chi connectivity index (χ2v) is 7.45. The van der Waals surface area contributed by atoms with E-state index in [4.69, 9.17) is 16.4 Å². The third-order valence-electron chi connectivity index (χ3n) is 4.77. The summed E-state index contributed by atoms with van der Waals surface area (Å²) in [7, 11) is 0. The Balaban J connectivity index is 1.60. The lowest BCUT2D eigenvalue weighted by Crippen LogP contribution is -2.35. The Hall–Kier alpha value is -2.34. The first kappa shape index (κ1) is 19.4. The number of nitrogens with one attached hydrogen (secondary N) is 1. The summed E-state index contributed by atoms with van der Waals surface area (Å²) < 4.78 is 1.71. The number of carbonyl (C=O) groups is 1. The van der Waals surface area contributed by atoms with Crippen molar-refractivity contribution in [2.45, 2.75) is 45.8 Å². The van der Waals surface area contributed by atoms with Crippen LogP contribution < -0.4 is 5.32 Å². The zero-order valence-corrected chi connectivity index (χ0v) is 16.6. The van der Waals surface area contributed by atoms with E-state index in [-0.39, 0.29) is 24.0 Å². The summed E-state index contributed by atoms with van der Waals surface area (Å²) >= 11 is 6.07. The first-order valence-corrected chi connectivity index (χ1v) is 9.66. The van der Waals surface area contributed by atoms with Gasteiger partial charge in [0.2, 0.25) is 0 Å². The smallest absolute Gasteiger partial charge is 0.269 e. The van der Waals surface area contributed by atoms with E-state index < -0.39 is 0 Å². The number of amides is 1. The van der Waals surface area contributed by atoms with Crippen molar-refractivity contribution in [1.29, 1.82) is 0 Å². The maximum absolute atomic E-state index is 12.5. The molecule has 1 amide bonds. The lowest BCUT2D eigenvalue weighted by molar-refractivity contribution is 0.0614. The molecule has 2 unspecified atom stereocenters. The second kappa shape index (κ2) is 8.57. The van der Waals surface area contributed by atoms with Gasteiger partial charge < -0.3 is 10.2 Å². The minimum absolute atomic E-state index is 0.0402. The first-order chi connectivity index (χ1) is 13.0. The zero-order valence-electron chi connectivity index (χ0n) is 15.9. The Morgan fingerprint density at radius 1 is 1.37 bits per heavy atom. The summed E-state index contributed by atoms with van der Waals surface area (Å²) in [6, 6.07) is 9.63. The first-order valence-electron chi connectivity index (χ1n) is 9.28. The highest BCUT2D eigenvalue weighted by Gasteiger charge is 2.33. The summed E-state index contributed by atoms with van der Waals surface area (Å²) in [5, 5.41) is 12.1. The molecule has 3 rings (SSSR count). The quantitative estimate of drug-likeness (QED) is 0.782. The van der Waals surface area contributed by atoms with Crippen LogP contribution in [0.2, 0.25) is 5.02 Å². The largest absolute Gasteiger partial charge is 0.391 e. The van der Waals surface area contributed by atoms with Crippen LogP contribution >= 0.6 is 11.6 Å². The van der Waals surface area contributed by atoms with Crippen LogP contribution in [-0.4, -0.2) is 34.0 Å². The van der Waals surface area contributed by atoms with E-state index in [0.717, 1.165) is 24.1 Å². The van der Waals surface area contributed by atoms with Crippen molar-refractivity contribution in [2.24, 2.45) is 11.1 Å². The van der Waals surface area contributed by atoms with Crippen molar-refractivity contribution in [3.05, 3.63) is 52.8 Å². The Morgan fingerprint density at radius 2 is 2.19 bits per heavy atom. The number of halogens is 1. The minimum atomic E-state index is -0.156. The van der Waals surface area contributed by atoms with Crippen LogP contribution in [-0.2, 0) is 11.3 Å². The average Bonchev–Trinajstić information content (AvgIpc) is 3.26. The molecule has 1 aromatic heterocycles. The molecule has 0 bridgehead atoms. The Labute approximate surface area is 164 Å². The van der Waals surface area contributed by atoms with Crippen molar-refractivity contribution >= 4 is 23.2 Å². The normalized spacial score (nSPS) is 19.1. The van der Waals surface area contributed by atoms with Gasteiger partial charge in [0.25, 0.3) is 5.91 Å². The van der Waals surface area contributed by atoms with Gasteiger partial charge in [-0.1, -0.05) is 35.8 Å². The number of benzene rings is 1. The number of rotatable bonds is 7. The number of hydrogen-bond acceptors (Lipinski definition) is 4. The molecule has 0 saturated heterocycles. The van der Waals surface area contributed by atoms with E-state index in [2.05, 4.69) is 22.5 Å². The van der Waals surface area contributed by atoms with Crippen LogP contribution in [0.15, 0.2) is 41.7 Å². The fraction of sp³-hybridized carbons (Fsp3) is 0.450. The molecule has 7 heteroatoms. The highest BCUT2D eigenvalue weighted by molar-refractivity contribution is 6.30. The van der Waals surface area contributed by atoms with Crippen molar-refractivity contribution < 1.29 is 9.63 Å². The second-order valence-electron chi connectivity index (χ2n) is 7.01. The molecule has 0 spiro atoms. The Bertz CT molecular complexity index is 831. The molecule has 0 radical (unpaired) electrons. The molecule has 2 atom stereocenters. The number of oxime groups is 1. The van der Waals surface area contributed by atoms with Gasteiger partial charge in [-0.15, -0.1) is 0 Å². The van der Waals surface area contributed by atoms with Crippen molar-refractivity contribution in [3.8, 4) is 0 Å². The van der Waals surface area contributed by atoms with Crippen LogP contribution in [0.3, 0.4) is 0 Å². The molecule has 1 aliphatic rings. The van der Waals surface area contributed by atoms with Crippen LogP contribution in [0.1, 0.15) is 49.3 Å². The monoisotopic (exact) mass is 388 g/mol. The average molecular weight is 389 g/mol. The van der Waals surface area contributed by atoms with E-state index >= 15 is 0 Å². The van der Waals surface area contributed by atoms with E-state index in [9.17, 15) is 4.79 Å². The van der Waals surface area contributed by atoms with Crippen molar-refractivity contribution in [1.82, 2.24) is 15.1 Å². The summed E-state index contributed by atoms with van der Waals surface area (Å²) in [4.78, 5) is 18.2. The number of nitrogens with zero attached hydrogens (tertiary/aromatic N) is 3. The van der Waals surface area contributed by atoms with E-state index in [1.807, 2.05) is 38.1 Å². The lowest BCUT2D eigenvalue weighted by atomic mass is 9.90. The number of aromatic nitrogens is 2. The van der Waals surface area contributed by atoms with Crippen LogP contribution in [0.5, 0.6) is 0 Å². The molecular formula is C20H25ClN4O2. The summed E-state index contributed by atoms with van der Waals surface area (Å²) in [5.74, 6) is 0.0105. The van der Waals surface area contributed by atoms with Gasteiger partial charge in [0, 0.05) is 29.6 Å². The lowest BCUT2D eigenvalue weighted by Gasteiger charge is -2.18. The molecule has 1 aliphatic heterocycles. The molecule has 0 fully saturated rings.